The van der Waals surface area contributed by atoms with E-state index in [1.54, 1.807) is 16.8 Å². The zero-order valence-corrected chi connectivity index (χ0v) is 12.8. The number of benzene rings is 1. The van der Waals surface area contributed by atoms with Crippen LogP contribution in [0.15, 0.2) is 24.3 Å². The molecule has 0 spiro atoms. The van der Waals surface area contributed by atoms with Gasteiger partial charge in [0.25, 0.3) is 5.69 Å². The number of fused-ring (bicyclic) bond motifs is 1. The van der Waals surface area contributed by atoms with Gasteiger partial charge in [-0.25, -0.2) is 4.68 Å². The molecule has 0 aliphatic heterocycles. The van der Waals surface area contributed by atoms with E-state index < -0.39 is 4.92 Å². The molecule has 0 N–H and O–H groups in total. The van der Waals surface area contributed by atoms with E-state index in [2.05, 4.69) is 18.9 Å². The molecular weight excluding hydrogens is 282 g/mol. The van der Waals surface area contributed by atoms with E-state index in [-0.39, 0.29) is 16.9 Å². The standard InChI is InChI=1S/C16H17N3O3/c1-10-15-13(8-16(2,3)9-14(15)20)18(17-10)11-4-6-12(7-5-11)19(21)22/h4-7H,8-9H2,1-3H3. The molecular formula is C16H17N3O3. The van der Waals surface area contributed by atoms with Crippen LogP contribution in [0.25, 0.3) is 5.69 Å². The number of aryl methyl sites for hydroxylation is 1. The van der Waals surface area contributed by atoms with E-state index in [0.717, 1.165) is 17.8 Å². The molecule has 6 nitrogen and oxygen atoms in total. The van der Waals surface area contributed by atoms with Crippen LogP contribution in [0.3, 0.4) is 0 Å². The monoisotopic (exact) mass is 299 g/mol. The van der Waals surface area contributed by atoms with Crippen LogP contribution in [-0.4, -0.2) is 20.5 Å². The first-order chi connectivity index (χ1) is 10.3. The number of nitrogens with zero attached hydrogens (tertiary/aromatic N) is 3. The van der Waals surface area contributed by atoms with E-state index in [4.69, 9.17) is 0 Å². The molecule has 1 aromatic carbocycles. The molecule has 0 amide bonds. The number of non-ortho nitro benzene ring substituents is 1. The summed E-state index contributed by atoms with van der Waals surface area (Å²) >= 11 is 0. The Bertz CT molecular complexity index is 773. The van der Waals surface area contributed by atoms with Crippen molar-refractivity contribution in [3.05, 3.63) is 51.3 Å². The Labute approximate surface area is 127 Å². The Morgan fingerprint density at radius 2 is 1.86 bits per heavy atom. The van der Waals surface area contributed by atoms with Crippen molar-refractivity contribution in [2.45, 2.75) is 33.6 Å². The molecule has 0 unspecified atom stereocenters. The number of rotatable bonds is 2. The fourth-order valence-corrected chi connectivity index (χ4v) is 3.07. The highest BCUT2D eigenvalue weighted by Gasteiger charge is 2.35. The molecule has 2 aromatic rings. The van der Waals surface area contributed by atoms with Crippen LogP contribution in [-0.2, 0) is 6.42 Å². The number of Topliss-reactive ketones (excluding diaryl/α,β-unsaturated/α-hetero) is 1. The Balaban J connectivity index is 2.11. The Hall–Kier alpha value is -2.50. The van der Waals surface area contributed by atoms with Crippen molar-refractivity contribution in [3.63, 3.8) is 0 Å². The van der Waals surface area contributed by atoms with Crippen LogP contribution in [0.2, 0.25) is 0 Å². The number of nitro benzene ring substituents is 1. The maximum atomic E-state index is 12.4. The SMILES string of the molecule is Cc1nn(-c2ccc([N+](=O)[O-])cc2)c2c1C(=O)CC(C)(C)C2. The molecule has 114 valence electrons. The third kappa shape index (κ3) is 2.30. The molecule has 22 heavy (non-hydrogen) atoms. The predicted molar refractivity (Wildman–Crippen MR) is 81.4 cm³/mol. The number of hydrogen-bond acceptors (Lipinski definition) is 4. The summed E-state index contributed by atoms with van der Waals surface area (Å²) in [6.07, 6.45) is 1.28. The highest BCUT2D eigenvalue weighted by Crippen LogP contribution is 2.37. The second-order valence-corrected chi connectivity index (χ2v) is 6.53. The van der Waals surface area contributed by atoms with Gasteiger partial charge in [-0.2, -0.15) is 5.10 Å². The molecule has 3 rings (SSSR count). The average molecular weight is 299 g/mol. The number of aromatic nitrogens is 2. The summed E-state index contributed by atoms with van der Waals surface area (Å²) in [5, 5.41) is 15.2. The first-order valence-corrected chi connectivity index (χ1v) is 7.15. The topological polar surface area (TPSA) is 78.0 Å². The van der Waals surface area contributed by atoms with Gasteiger partial charge in [-0.3, -0.25) is 14.9 Å². The quantitative estimate of drug-likeness (QED) is 0.630. The van der Waals surface area contributed by atoms with Crippen LogP contribution in [0, 0.1) is 22.5 Å². The van der Waals surface area contributed by atoms with Gasteiger partial charge in [0, 0.05) is 18.6 Å². The zero-order chi connectivity index (χ0) is 16.1. The summed E-state index contributed by atoms with van der Waals surface area (Å²) in [6, 6.07) is 6.23. The molecule has 1 aromatic heterocycles. The highest BCUT2D eigenvalue weighted by atomic mass is 16.6. The summed E-state index contributed by atoms with van der Waals surface area (Å²) in [7, 11) is 0. The van der Waals surface area contributed by atoms with Crippen molar-refractivity contribution in [2.24, 2.45) is 5.41 Å². The molecule has 1 aliphatic carbocycles. The Morgan fingerprint density at radius 1 is 1.23 bits per heavy atom. The number of carbonyl (C=O) groups excluding carboxylic acids is 1. The van der Waals surface area contributed by atoms with E-state index in [1.165, 1.54) is 12.1 Å². The number of carbonyl (C=O) groups is 1. The minimum Gasteiger partial charge on any atom is -0.294 e. The maximum absolute atomic E-state index is 12.4. The van der Waals surface area contributed by atoms with Crippen molar-refractivity contribution in [2.75, 3.05) is 0 Å². The highest BCUT2D eigenvalue weighted by molar-refractivity contribution is 5.99. The summed E-state index contributed by atoms with van der Waals surface area (Å²) in [5.74, 6) is 0.122. The lowest BCUT2D eigenvalue weighted by atomic mass is 9.75. The van der Waals surface area contributed by atoms with Gasteiger partial charge in [-0.1, -0.05) is 13.8 Å². The summed E-state index contributed by atoms with van der Waals surface area (Å²) in [6.45, 7) is 5.96. The minimum absolute atomic E-state index is 0.0397. The smallest absolute Gasteiger partial charge is 0.269 e. The van der Waals surface area contributed by atoms with Crippen LogP contribution < -0.4 is 0 Å². The van der Waals surface area contributed by atoms with Crippen LogP contribution >= 0.6 is 0 Å². The predicted octanol–water partition coefficient (Wildman–Crippen LogP) is 3.24. The van der Waals surface area contributed by atoms with Gasteiger partial charge >= 0.3 is 0 Å². The van der Waals surface area contributed by atoms with Crippen molar-refractivity contribution < 1.29 is 9.72 Å². The summed E-state index contributed by atoms with van der Waals surface area (Å²) in [5.41, 5.74) is 2.99. The molecule has 0 saturated carbocycles. The third-order valence-corrected chi connectivity index (χ3v) is 4.03. The number of ketones is 1. The van der Waals surface area contributed by atoms with Gasteiger partial charge in [-0.15, -0.1) is 0 Å². The van der Waals surface area contributed by atoms with Gasteiger partial charge in [0.1, 0.15) is 0 Å². The van der Waals surface area contributed by atoms with Crippen LogP contribution in [0.5, 0.6) is 0 Å². The lowest BCUT2D eigenvalue weighted by Crippen LogP contribution is -2.28. The zero-order valence-electron chi connectivity index (χ0n) is 12.8. The van der Waals surface area contributed by atoms with Crippen molar-refractivity contribution >= 4 is 11.5 Å². The number of hydrogen-bond donors (Lipinski definition) is 0. The van der Waals surface area contributed by atoms with Gasteiger partial charge < -0.3 is 0 Å². The van der Waals surface area contributed by atoms with Gasteiger partial charge in [0.2, 0.25) is 0 Å². The summed E-state index contributed by atoms with van der Waals surface area (Å²) in [4.78, 5) is 22.7. The van der Waals surface area contributed by atoms with E-state index in [1.807, 2.05) is 6.92 Å². The first-order valence-electron chi connectivity index (χ1n) is 7.15. The minimum atomic E-state index is -0.430. The molecule has 0 fully saturated rings. The van der Waals surface area contributed by atoms with Crippen molar-refractivity contribution in [1.29, 1.82) is 0 Å². The van der Waals surface area contributed by atoms with Crippen molar-refractivity contribution in [1.82, 2.24) is 9.78 Å². The lowest BCUT2D eigenvalue weighted by molar-refractivity contribution is -0.384. The molecule has 6 heteroatoms. The normalized spacial score (nSPS) is 16.4. The average Bonchev–Trinajstić information content (AvgIpc) is 2.74. The maximum Gasteiger partial charge on any atom is 0.269 e. The molecule has 0 atom stereocenters. The first kappa shape index (κ1) is 14.4. The largest absolute Gasteiger partial charge is 0.294 e. The molecule has 1 heterocycles. The van der Waals surface area contributed by atoms with E-state index in [0.29, 0.717) is 17.7 Å². The number of nitro groups is 1. The van der Waals surface area contributed by atoms with Crippen molar-refractivity contribution in [3.8, 4) is 5.69 Å². The van der Waals surface area contributed by atoms with Gasteiger partial charge in [0.05, 0.1) is 27.6 Å². The second-order valence-electron chi connectivity index (χ2n) is 6.53. The molecule has 0 bridgehead atoms. The fourth-order valence-electron chi connectivity index (χ4n) is 3.07. The van der Waals surface area contributed by atoms with Gasteiger partial charge in [0.15, 0.2) is 5.78 Å². The molecule has 0 saturated heterocycles. The third-order valence-electron chi connectivity index (χ3n) is 4.03. The van der Waals surface area contributed by atoms with Gasteiger partial charge in [-0.05, 0) is 30.9 Å². The van der Waals surface area contributed by atoms with Crippen LogP contribution in [0.1, 0.15) is 42.0 Å². The Kier molecular flexibility index (Phi) is 3.12. The molecule has 1 aliphatic rings. The van der Waals surface area contributed by atoms with Crippen LogP contribution in [0.4, 0.5) is 5.69 Å². The van der Waals surface area contributed by atoms with E-state index in [9.17, 15) is 14.9 Å². The fraction of sp³-hybridized carbons (Fsp3) is 0.375. The molecule has 0 radical (unpaired) electrons. The van der Waals surface area contributed by atoms with E-state index >= 15 is 0 Å². The Morgan fingerprint density at radius 3 is 2.45 bits per heavy atom. The lowest BCUT2D eigenvalue weighted by Gasteiger charge is -2.29. The second kappa shape index (κ2) is 4.76. The summed E-state index contributed by atoms with van der Waals surface area (Å²) < 4.78 is 1.74.